The van der Waals surface area contributed by atoms with Gasteiger partial charge >= 0.3 is 0 Å². The van der Waals surface area contributed by atoms with Gasteiger partial charge < -0.3 is 14.2 Å². The zero-order valence-corrected chi connectivity index (χ0v) is 14.4. The van der Waals surface area contributed by atoms with E-state index in [4.69, 9.17) is 9.26 Å². The van der Waals surface area contributed by atoms with Gasteiger partial charge in [0, 0.05) is 12.2 Å². The number of ether oxygens (including phenoxy) is 1. The van der Waals surface area contributed by atoms with Crippen molar-refractivity contribution < 1.29 is 14.1 Å². The van der Waals surface area contributed by atoms with Gasteiger partial charge in [0.25, 0.3) is 5.91 Å². The highest BCUT2D eigenvalue weighted by molar-refractivity contribution is 6.06. The van der Waals surface area contributed by atoms with E-state index in [2.05, 4.69) is 11.7 Å². The Morgan fingerprint density at radius 2 is 2.08 bits per heavy atom. The van der Waals surface area contributed by atoms with Crippen LogP contribution in [0.25, 0.3) is 11.3 Å². The number of hydrogen-bond donors (Lipinski definition) is 0. The van der Waals surface area contributed by atoms with Crippen molar-refractivity contribution in [2.24, 2.45) is 0 Å². The first-order chi connectivity index (χ1) is 12.7. The molecular formula is C21H18N2O3. The first kappa shape index (κ1) is 16.1. The molecule has 3 aromatic rings. The number of amides is 1. The summed E-state index contributed by atoms with van der Waals surface area (Å²) in [5.74, 6) is 1.11. The quantitative estimate of drug-likeness (QED) is 0.658. The molecule has 1 aliphatic rings. The number of aryl methyl sites for hydroxylation is 1. The van der Waals surface area contributed by atoms with Crippen LogP contribution in [-0.4, -0.2) is 17.6 Å². The lowest BCUT2D eigenvalue weighted by Crippen LogP contribution is -2.32. The van der Waals surface area contributed by atoms with E-state index in [0.29, 0.717) is 17.9 Å². The predicted octanol–water partition coefficient (Wildman–Crippen LogP) is 4.38. The number of carbonyl (C=O) groups excluding carboxylic acids is 1. The summed E-state index contributed by atoms with van der Waals surface area (Å²) in [5.41, 5.74) is 3.65. The largest absolute Gasteiger partial charge is 0.488 e. The maximum Gasteiger partial charge on any atom is 0.281 e. The Balaban J connectivity index is 1.75. The van der Waals surface area contributed by atoms with Gasteiger partial charge in [0.1, 0.15) is 12.4 Å². The van der Waals surface area contributed by atoms with Gasteiger partial charge in [-0.15, -0.1) is 6.58 Å². The van der Waals surface area contributed by atoms with Crippen molar-refractivity contribution in [1.82, 2.24) is 5.16 Å². The molecule has 0 saturated carbocycles. The highest BCUT2D eigenvalue weighted by Gasteiger charge is 2.31. The van der Waals surface area contributed by atoms with Gasteiger partial charge in [-0.2, -0.15) is 0 Å². The minimum atomic E-state index is -0.235. The lowest BCUT2D eigenvalue weighted by Gasteiger charge is -2.21. The van der Waals surface area contributed by atoms with Crippen LogP contribution in [0.3, 0.4) is 0 Å². The summed E-state index contributed by atoms with van der Waals surface area (Å²) < 4.78 is 11.4. The van der Waals surface area contributed by atoms with E-state index in [1.807, 2.05) is 55.5 Å². The van der Waals surface area contributed by atoms with Crippen LogP contribution in [0.2, 0.25) is 0 Å². The fraction of sp³-hybridized carbons (Fsp3) is 0.143. The molecule has 5 heteroatoms. The average molecular weight is 346 g/mol. The van der Waals surface area contributed by atoms with Crippen molar-refractivity contribution in [3.05, 3.63) is 78.0 Å². The van der Waals surface area contributed by atoms with Crippen LogP contribution in [0.1, 0.15) is 21.6 Å². The first-order valence-corrected chi connectivity index (χ1v) is 8.39. The molecular weight excluding hydrogens is 328 g/mol. The van der Waals surface area contributed by atoms with E-state index < -0.39 is 0 Å². The first-order valence-electron chi connectivity index (χ1n) is 8.39. The summed E-state index contributed by atoms with van der Waals surface area (Å²) >= 11 is 0. The third-order valence-corrected chi connectivity index (χ3v) is 4.37. The molecule has 2 aromatic carbocycles. The van der Waals surface area contributed by atoms with Crippen molar-refractivity contribution in [3.63, 3.8) is 0 Å². The number of anilines is 1. The summed E-state index contributed by atoms with van der Waals surface area (Å²) in [7, 11) is 0. The number of fused-ring (bicyclic) bond motifs is 3. The van der Waals surface area contributed by atoms with Crippen LogP contribution < -0.4 is 9.64 Å². The van der Waals surface area contributed by atoms with Crippen molar-refractivity contribution in [2.45, 2.75) is 13.5 Å². The monoisotopic (exact) mass is 346 g/mol. The van der Waals surface area contributed by atoms with Gasteiger partial charge in [-0.05, 0) is 31.2 Å². The Morgan fingerprint density at radius 3 is 2.85 bits per heavy atom. The molecule has 0 N–H and O–H groups in total. The smallest absolute Gasteiger partial charge is 0.281 e. The molecule has 2 heterocycles. The minimum Gasteiger partial charge on any atom is -0.488 e. The molecule has 1 amide bonds. The summed E-state index contributed by atoms with van der Waals surface area (Å²) in [6, 6.07) is 15.3. The van der Waals surface area contributed by atoms with Crippen molar-refractivity contribution in [3.8, 4) is 17.1 Å². The van der Waals surface area contributed by atoms with Gasteiger partial charge in [-0.1, -0.05) is 41.1 Å². The molecule has 0 aliphatic carbocycles. The highest BCUT2D eigenvalue weighted by atomic mass is 16.5. The molecule has 1 aliphatic heterocycles. The number of para-hydroxylation sites is 1. The molecule has 0 radical (unpaired) electrons. The second-order valence-electron chi connectivity index (χ2n) is 6.17. The SMILES string of the molecule is C=CCN(C(=O)c1noc2c1COc1ccc(C)cc1-2)c1ccccc1. The van der Waals surface area contributed by atoms with Crippen LogP contribution in [0.15, 0.2) is 65.7 Å². The maximum absolute atomic E-state index is 13.1. The normalized spacial score (nSPS) is 11.9. The molecule has 0 atom stereocenters. The molecule has 1 aromatic heterocycles. The van der Waals surface area contributed by atoms with E-state index >= 15 is 0 Å². The fourth-order valence-electron chi connectivity index (χ4n) is 3.09. The van der Waals surface area contributed by atoms with Crippen molar-refractivity contribution >= 4 is 11.6 Å². The van der Waals surface area contributed by atoms with Crippen LogP contribution >= 0.6 is 0 Å². The Morgan fingerprint density at radius 1 is 1.27 bits per heavy atom. The van der Waals surface area contributed by atoms with Gasteiger partial charge in [0.2, 0.25) is 0 Å². The molecule has 0 saturated heterocycles. The van der Waals surface area contributed by atoms with Crippen molar-refractivity contribution in [1.29, 1.82) is 0 Å². The van der Waals surface area contributed by atoms with Crippen LogP contribution in [0, 0.1) is 6.92 Å². The van der Waals surface area contributed by atoms with E-state index in [9.17, 15) is 4.79 Å². The minimum absolute atomic E-state index is 0.235. The molecule has 0 spiro atoms. The zero-order valence-electron chi connectivity index (χ0n) is 14.4. The second kappa shape index (κ2) is 6.52. The lowest BCUT2D eigenvalue weighted by molar-refractivity contribution is 0.0979. The number of rotatable bonds is 4. The maximum atomic E-state index is 13.1. The van der Waals surface area contributed by atoms with Crippen LogP contribution in [0.5, 0.6) is 5.75 Å². The van der Waals surface area contributed by atoms with Crippen LogP contribution in [0.4, 0.5) is 5.69 Å². The number of benzene rings is 2. The topological polar surface area (TPSA) is 55.6 Å². The fourth-order valence-corrected chi connectivity index (χ4v) is 3.09. The Kier molecular flexibility index (Phi) is 4.05. The molecule has 5 nitrogen and oxygen atoms in total. The van der Waals surface area contributed by atoms with Crippen molar-refractivity contribution in [2.75, 3.05) is 11.4 Å². The van der Waals surface area contributed by atoms with E-state index in [1.54, 1.807) is 11.0 Å². The van der Waals surface area contributed by atoms with E-state index in [1.165, 1.54) is 0 Å². The zero-order chi connectivity index (χ0) is 18.1. The van der Waals surface area contributed by atoms with Gasteiger partial charge in [-0.25, -0.2) is 0 Å². The standard InChI is InChI=1S/C21H18N2O3/c1-3-11-23(15-7-5-4-6-8-15)21(24)19-17-13-25-18-10-9-14(2)12-16(18)20(17)26-22-19/h3-10,12H,1,11,13H2,2H3. The second-order valence-corrected chi connectivity index (χ2v) is 6.17. The molecule has 0 fully saturated rings. The molecule has 130 valence electrons. The Labute approximate surface area is 151 Å². The molecule has 0 unspecified atom stereocenters. The number of hydrogen-bond acceptors (Lipinski definition) is 4. The van der Waals surface area contributed by atoms with Gasteiger partial charge in [0.15, 0.2) is 11.5 Å². The van der Waals surface area contributed by atoms with E-state index in [0.717, 1.165) is 22.6 Å². The lowest BCUT2D eigenvalue weighted by atomic mass is 10.0. The van der Waals surface area contributed by atoms with Gasteiger partial charge in [-0.3, -0.25) is 4.79 Å². The number of aromatic nitrogens is 1. The third-order valence-electron chi connectivity index (χ3n) is 4.37. The molecule has 26 heavy (non-hydrogen) atoms. The Bertz CT molecular complexity index is 976. The average Bonchev–Trinajstić information content (AvgIpc) is 3.11. The van der Waals surface area contributed by atoms with Crippen LogP contribution in [-0.2, 0) is 6.61 Å². The van der Waals surface area contributed by atoms with E-state index in [-0.39, 0.29) is 18.2 Å². The summed E-state index contributed by atoms with van der Waals surface area (Å²) in [4.78, 5) is 14.8. The van der Waals surface area contributed by atoms with Gasteiger partial charge in [0.05, 0.1) is 11.1 Å². The third kappa shape index (κ3) is 2.67. The highest BCUT2D eigenvalue weighted by Crippen LogP contribution is 2.39. The molecule has 4 rings (SSSR count). The predicted molar refractivity (Wildman–Crippen MR) is 99.3 cm³/mol. The summed E-state index contributed by atoms with van der Waals surface area (Å²) in [6.07, 6.45) is 1.69. The summed E-state index contributed by atoms with van der Waals surface area (Å²) in [5, 5.41) is 4.07. The number of nitrogens with zero attached hydrogens (tertiary/aromatic N) is 2. The molecule has 0 bridgehead atoms. The Hall–Kier alpha value is -3.34. The number of carbonyl (C=O) groups is 1. The summed E-state index contributed by atoms with van der Waals surface area (Å²) in [6.45, 7) is 6.39.